The molecule has 1 fully saturated rings. The molecule has 0 unspecified atom stereocenters. The van der Waals surface area contributed by atoms with Gasteiger partial charge in [-0.3, -0.25) is 4.79 Å². The summed E-state index contributed by atoms with van der Waals surface area (Å²) >= 11 is 0. The average Bonchev–Trinajstić information content (AvgIpc) is 1.96. The Morgan fingerprint density at radius 1 is 1.58 bits per heavy atom. The smallest absolute Gasteiger partial charge is 0.308 e. The lowest BCUT2D eigenvalue weighted by atomic mass is 9.87. The lowest BCUT2D eigenvalue weighted by Gasteiger charge is -2.34. The number of rotatable bonds is 1. The van der Waals surface area contributed by atoms with Gasteiger partial charge in [-0.2, -0.15) is 0 Å². The standard InChI is InChI=1S/C9H16O3/c1-5(2)9-6(3)7(10)4-8(11)12-9/h5-7,9-10H,4H2,1-3H3/t6-,7-,9+/m0/s1. The topological polar surface area (TPSA) is 46.5 Å². The van der Waals surface area contributed by atoms with E-state index in [1.807, 2.05) is 20.8 Å². The Hall–Kier alpha value is -0.570. The second-order valence-corrected chi connectivity index (χ2v) is 3.83. The maximum Gasteiger partial charge on any atom is 0.308 e. The third kappa shape index (κ3) is 1.78. The molecule has 0 saturated carbocycles. The zero-order valence-electron chi connectivity index (χ0n) is 7.78. The van der Waals surface area contributed by atoms with Crippen molar-refractivity contribution in [1.82, 2.24) is 0 Å². The van der Waals surface area contributed by atoms with Crippen LogP contribution in [0, 0.1) is 11.8 Å². The fourth-order valence-corrected chi connectivity index (χ4v) is 1.63. The van der Waals surface area contributed by atoms with Gasteiger partial charge in [-0.05, 0) is 5.92 Å². The van der Waals surface area contributed by atoms with Crippen LogP contribution in [0.4, 0.5) is 0 Å². The van der Waals surface area contributed by atoms with Gasteiger partial charge < -0.3 is 9.84 Å². The van der Waals surface area contributed by atoms with Crippen molar-refractivity contribution in [1.29, 1.82) is 0 Å². The third-order valence-corrected chi connectivity index (χ3v) is 2.43. The molecule has 0 aliphatic carbocycles. The fourth-order valence-electron chi connectivity index (χ4n) is 1.63. The number of cyclic esters (lactones) is 1. The maximum absolute atomic E-state index is 11.0. The van der Waals surface area contributed by atoms with Crippen molar-refractivity contribution in [2.75, 3.05) is 0 Å². The summed E-state index contributed by atoms with van der Waals surface area (Å²) in [5.41, 5.74) is 0. The Morgan fingerprint density at radius 2 is 2.17 bits per heavy atom. The number of aliphatic hydroxyl groups excluding tert-OH is 1. The molecule has 1 N–H and O–H groups in total. The normalized spacial score (nSPS) is 36.8. The Kier molecular flexibility index (Phi) is 2.73. The first kappa shape index (κ1) is 9.52. The van der Waals surface area contributed by atoms with Gasteiger partial charge in [0.1, 0.15) is 6.10 Å². The highest BCUT2D eigenvalue weighted by atomic mass is 16.5. The van der Waals surface area contributed by atoms with E-state index < -0.39 is 6.10 Å². The molecule has 12 heavy (non-hydrogen) atoms. The minimum Gasteiger partial charge on any atom is -0.462 e. The number of esters is 1. The van der Waals surface area contributed by atoms with Crippen molar-refractivity contribution in [2.24, 2.45) is 11.8 Å². The van der Waals surface area contributed by atoms with Gasteiger partial charge in [0.25, 0.3) is 0 Å². The molecule has 1 saturated heterocycles. The van der Waals surface area contributed by atoms with Crippen LogP contribution in [0.2, 0.25) is 0 Å². The summed E-state index contributed by atoms with van der Waals surface area (Å²) in [7, 11) is 0. The molecule has 0 spiro atoms. The van der Waals surface area contributed by atoms with E-state index in [1.54, 1.807) is 0 Å². The van der Waals surface area contributed by atoms with Crippen molar-refractivity contribution in [2.45, 2.75) is 39.4 Å². The lowest BCUT2D eigenvalue weighted by Crippen LogP contribution is -2.43. The SMILES string of the molecule is CC(C)[C@H]1OC(=O)C[C@H](O)[C@@H]1C. The molecule has 1 rings (SSSR count). The largest absolute Gasteiger partial charge is 0.462 e. The first-order valence-corrected chi connectivity index (χ1v) is 4.40. The van der Waals surface area contributed by atoms with E-state index in [-0.39, 0.29) is 30.3 Å². The van der Waals surface area contributed by atoms with Crippen molar-refractivity contribution in [3.8, 4) is 0 Å². The summed E-state index contributed by atoms with van der Waals surface area (Å²) in [4.78, 5) is 11.0. The number of ether oxygens (including phenoxy) is 1. The zero-order chi connectivity index (χ0) is 9.30. The predicted molar refractivity (Wildman–Crippen MR) is 44.5 cm³/mol. The van der Waals surface area contributed by atoms with Crippen LogP contribution in [0.1, 0.15) is 27.2 Å². The Balaban J connectivity index is 2.66. The van der Waals surface area contributed by atoms with Crippen LogP contribution < -0.4 is 0 Å². The van der Waals surface area contributed by atoms with E-state index in [4.69, 9.17) is 4.74 Å². The maximum atomic E-state index is 11.0. The molecule has 70 valence electrons. The highest BCUT2D eigenvalue weighted by Crippen LogP contribution is 2.26. The summed E-state index contributed by atoms with van der Waals surface area (Å²) in [5, 5.41) is 9.47. The van der Waals surface area contributed by atoms with Crippen LogP contribution in [-0.2, 0) is 9.53 Å². The van der Waals surface area contributed by atoms with Crippen LogP contribution in [-0.4, -0.2) is 23.3 Å². The number of hydrogen-bond acceptors (Lipinski definition) is 3. The molecule has 1 heterocycles. The van der Waals surface area contributed by atoms with Gasteiger partial charge >= 0.3 is 5.97 Å². The Bertz CT molecular complexity index is 177. The monoisotopic (exact) mass is 172 g/mol. The molecule has 3 nitrogen and oxygen atoms in total. The Labute approximate surface area is 72.7 Å². The van der Waals surface area contributed by atoms with Gasteiger partial charge in [-0.15, -0.1) is 0 Å². The van der Waals surface area contributed by atoms with Gasteiger partial charge in [0.15, 0.2) is 0 Å². The molecular weight excluding hydrogens is 156 g/mol. The van der Waals surface area contributed by atoms with E-state index in [9.17, 15) is 9.90 Å². The summed E-state index contributed by atoms with van der Waals surface area (Å²) in [6.45, 7) is 5.90. The second kappa shape index (κ2) is 3.44. The van der Waals surface area contributed by atoms with Crippen LogP contribution in [0.5, 0.6) is 0 Å². The molecule has 0 aromatic carbocycles. The molecule has 3 atom stereocenters. The first-order valence-electron chi connectivity index (χ1n) is 4.40. The number of aliphatic hydroxyl groups is 1. The number of carbonyl (C=O) groups excluding carboxylic acids is 1. The zero-order valence-corrected chi connectivity index (χ0v) is 7.78. The molecule has 1 aliphatic rings. The molecule has 0 amide bonds. The summed E-state index contributed by atoms with van der Waals surface area (Å²) in [6, 6.07) is 0. The van der Waals surface area contributed by atoms with Crippen molar-refractivity contribution < 1.29 is 14.6 Å². The summed E-state index contributed by atoms with van der Waals surface area (Å²) in [6.07, 6.45) is -0.510. The van der Waals surface area contributed by atoms with Crippen LogP contribution in [0.25, 0.3) is 0 Å². The van der Waals surface area contributed by atoms with Gasteiger partial charge in [0.2, 0.25) is 0 Å². The van der Waals surface area contributed by atoms with Gasteiger partial charge in [0.05, 0.1) is 12.5 Å². The quantitative estimate of drug-likeness (QED) is 0.599. The lowest BCUT2D eigenvalue weighted by molar-refractivity contribution is -0.171. The van der Waals surface area contributed by atoms with Crippen molar-refractivity contribution >= 4 is 5.97 Å². The molecule has 0 radical (unpaired) electrons. The minimum atomic E-state index is -0.529. The highest BCUT2D eigenvalue weighted by molar-refractivity contribution is 5.71. The van der Waals surface area contributed by atoms with Crippen LogP contribution >= 0.6 is 0 Å². The van der Waals surface area contributed by atoms with Gasteiger partial charge in [0, 0.05) is 5.92 Å². The minimum absolute atomic E-state index is 0.0581. The number of carbonyl (C=O) groups is 1. The van der Waals surface area contributed by atoms with E-state index >= 15 is 0 Å². The molecule has 3 heteroatoms. The molecule has 1 aliphatic heterocycles. The number of hydrogen-bond donors (Lipinski definition) is 1. The van der Waals surface area contributed by atoms with Gasteiger partial charge in [-0.1, -0.05) is 20.8 Å². The van der Waals surface area contributed by atoms with E-state index in [0.29, 0.717) is 0 Å². The summed E-state index contributed by atoms with van der Waals surface area (Å²) in [5.74, 6) is 0.0564. The highest BCUT2D eigenvalue weighted by Gasteiger charge is 2.36. The Morgan fingerprint density at radius 3 is 2.67 bits per heavy atom. The van der Waals surface area contributed by atoms with Crippen molar-refractivity contribution in [3.05, 3.63) is 0 Å². The predicted octanol–water partition coefficient (Wildman–Crippen LogP) is 0.955. The molecule has 0 aromatic rings. The van der Waals surface area contributed by atoms with E-state index in [0.717, 1.165) is 0 Å². The van der Waals surface area contributed by atoms with E-state index in [2.05, 4.69) is 0 Å². The average molecular weight is 172 g/mol. The first-order chi connectivity index (χ1) is 5.52. The summed E-state index contributed by atoms with van der Waals surface area (Å²) < 4.78 is 5.13. The third-order valence-electron chi connectivity index (χ3n) is 2.43. The fraction of sp³-hybridized carbons (Fsp3) is 0.889. The second-order valence-electron chi connectivity index (χ2n) is 3.83. The van der Waals surface area contributed by atoms with Crippen LogP contribution in [0.15, 0.2) is 0 Å². The molecule has 0 aromatic heterocycles. The van der Waals surface area contributed by atoms with Crippen molar-refractivity contribution in [3.63, 3.8) is 0 Å². The van der Waals surface area contributed by atoms with Crippen LogP contribution in [0.3, 0.4) is 0 Å². The van der Waals surface area contributed by atoms with Gasteiger partial charge in [-0.25, -0.2) is 0 Å². The molecule has 0 bridgehead atoms. The molecular formula is C9H16O3. The van der Waals surface area contributed by atoms with E-state index in [1.165, 1.54) is 0 Å².